The molecule has 2 aromatic carbocycles. The van der Waals surface area contributed by atoms with Gasteiger partial charge in [-0.3, -0.25) is 0 Å². The molecule has 1 heterocycles. The standard InChI is InChI=1S/C16H13NO2/c1-19-16(18)12-7-5-11(6-8-12)13-3-2-4-15-14(13)9-10-17-15/h2-10,17H,1H3. The van der Waals surface area contributed by atoms with Gasteiger partial charge in [0.2, 0.25) is 0 Å². The smallest absolute Gasteiger partial charge is 0.337 e. The van der Waals surface area contributed by atoms with E-state index in [2.05, 4.69) is 17.1 Å². The number of benzene rings is 2. The maximum atomic E-state index is 11.4. The molecule has 0 saturated carbocycles. The van der Waals surface area contributed by atoms with E-state index in [4.69, 9.17) is 4.74 Å². The number of methoxy groups -OCH3 is 1. The van der Waals surface area contributed by atoms with Gasteiger partial charge in [-0.15, -0.1) is 0 Å². The summed E-state index contributed by atoms with van der Waals surface area (Å²) in [4.78, 5) is 14.6. The van der Waals surface area contributed by atoms with E-state index in [-0.39, 0.29) is 5.97 Å². The lowest BCUT2D eigenvalue weighted by Gasteiger charge is -2.05. The Morgan fingerprint density at radius 3 is 2.58 bits per heavy atom. The highest BCUT2D eigenvalue weighted by Crippen LogP contribution is 2.28. The molecule has 3 heteroatoms. The maximum Gasteiger partial charge on any atom is 0.337 e. The minimum atomic E-state index is -0.314. The molecule has 0 spiro atoms. The summed E-state index contributed by atoms with van der Waals surface area (Å²) in [5.74, 6) is -0.314. The van der Waals surface area contributed by atoms with E-state index in [0.717, 1.165) is 16.6 Å². The summed E-state index contributed by atoms with van der Waals surface area (Å²) in [6.45, 7) is 0. The van der Waals surface area contributed by atoms with Gasteiger partial charge in [0.05, 0.1) is 12.7 Å². The Balaban J connectivity index is 2.07. The molecule has 3 nitrogen and oxygen atoms in total. The number of ether oxygens (including phenoxy) is 1. The Morgan fingerprint density at radius 2 is 1.84 bits per heavy atom. The van der Waals surface area contributed by atoms with Crippen LogP contribution in [-0.4, -0.2) is 18.1 Å². The molecule has 1 N–H and O–H groups in total. The SMILES string of the molecule is COC(=O)c1ccc(-c2cccc3[nH]ccc23)cc1. The fourth-order valence-corrected chi connectivity index (χ4v) is 2.24. The lowest BCUT2D eigenvalue weighted by molar-refractivity contribution is 0.0601. The molecular weight excluding hydrogens is 238 g/mol. The third-order valence-corrected chi connectivity index (χ3v) is 3.21. The van der Waals surface area contributed by atoms with Crippen LogP contribution in [0.25, 0.3) is 22.0 Å². The largest absolute Gasteiger partial charge is 0.465 e. The minimum Gasteiger partial charge on any atom is -0.465 e. The molecule has 0 aliphatic rings. The van der Waals surface area contributed by atoms with Crippen molar-refractivity contribution in [3.63, 3.8) is 0 Å². The molecule has 1 aromatic heterocycles. The van der Waals surface area contributed by atoms with Crippen LogP contribution in [0.5, 0.6) is 0 Å². The lowest BCUT2D eigenvalue weighted by atomic mass is 10.0. The fraction of sp³-hybridized carbons (Fsp3) is 0.0625. The van der Waals surface area contributed by atoms with E-state index in [0.29, 0.717) is 5.56 Å². The second-order valence-electron chi connectivity index (χ2n) is 4.31. The van der Waals surface area contributed by atoms with Gasteiger partial charge < -0.3 is 9.72 Å². The molecular formula is C16H13NO2. The summed E-state index contributed by atoms with van der Waals surface area (Å²) < 4.78 is 4.70. The van der Waals surface area contributed by atoms with Gasteiger partial charge in [-0.1, -0.05) is 24.3 Å². The fourth-order valence-electron chi connectivity index (χ4n) is 2.24. The summed E-state index contributed by atoms with van der Waals surface area (Å²) in [6, 6.07) is 15.6. The Morgan fingerprint density at radius 1 is 1.05 bits per heavy atom. The highest BCUT2D eigenvalue weighted by atomic mass is 16.5. The number of fused-ring (bicyclic) bond motifs is 1. The molecule has 0 radical (unpaired) electrons. The molecule has 0 atom stereocenters. The minimum absolute atomic E-state index is 0.314. The Hall–Kier alpha value is -2.55. The first-order chi connectivity index (χ1) is 9.29. The van der Waals surface area contributed by atoms with Gasteiger partial charge >= 0.3 is 5.97 Å². The number of nitrogens with one attached hydrogen (secondary N) is 1. The molecule has 0 aliphatic heterocycles. The number of hydrogen-bond acceptors (Lipinski definition) is 2. The average molecular weight is 251 g/mol. The summed E-state index contributed by atoms with van der Waals surface area (Å²) in [5.41, 5.74) is 3.90. The molecule has 19 heavy (non-hydrogen) atoms. The summed E-state index contributed by atoms with van der Waals surface area (Å²) in [5, 5.41) is 1.17. The lowest BCUT2D eigenvalue weighted by Crippen LogP contribution is -2.00. The van der Waals surface area contributed by atoms with E-state index < -0.39 is 0 Å². The van der Waals surface area contributed by atoms with Gasteiger partial charge in [0.15, 0.2) is 0 Å². The average Bonchev–Trinajstić information content (AvgIpc) is 2.95. The molecule has 0 bridgehead atoms. The van der Waals surface area contributed by atoms with Crippen LogP contribution in [0, 0.1) is 0 Å². The first kappa shape index (κ1) is 11.5. The molecule has 3 aromatic rings. The highest BCUT2D eigenvalue weighted by molar-refractivity contribution is 5.96. The molecule has 0 aliphatic carbocycles. The number of rotatable bonds is 2. The number of aromatic nitrogens is 1. The van der Waals surface area contributed by atoms with E-state index >= 15 is 0 Å². The van der Waals surface area contributed by atoms with Crippen molar-refractivity contribution in [2.45, 2.75) is 0 Å². The number of hydrogen-bond donors (Lipinski definition) is 1. The van der Waals surface area contributed by atoms with Crippen molar-refractivity contribution >= 4 is 16.9 Å². The van der Waals surface area contributed by atoms with Crippen LogP contribution in [0.2, 0.25) is 0 Å². The van der Waals surface area contributed by atoms with Crippen LogP contribution >= 0.6 is 0 Å². The van der Waals surface area contributed by atoms with Crippen LogP contribution in [0.4, 0.5) is 0 Å². The second-order valence-corrected chi connectivity index (χ2v) is 4.31. The molecule has 0 amide bonds. The van der Waals surface area contributed by atoms with Gasteiger partial charge in [-0.2, -0.15) is 0 Å². The summed E-state index contributed by atoms with van der Waals surface area (Å²) >= 11 is 0. The predicted molar refractivity (Wildman–Crippen MR) is 75.1 cm³/mol. The van der Waals surface area contributed by atoms with Crippen LogP contribution in [0.1, 0.15) is 10.4 Å². The van der Waals surface area contributed by atoms with Gasteiger partial charge in [0.25, 0.3) is 0 Å². The van der Waals surface area contributed by atoms with Gasteiger partial charge in [-0.05, 0) is 35.4 Å². The first-order valence-electron chi connectivity index (χ1n) is 6.04. The quantitative estimate of drug-likeness (QED) is 0.707. The van der Waals surface area contributed by atoms with Crippen LogP contribution in [0.3, 0.4) is 0 Å². The monoisotopic (exact) mass is 251 g/mol. The number of esters is 1. The topological polar surface area (TPSA) is 42.1 Å². The van der Waals surface area contributed by atoms with E-state index in [1.165, 1.54) is 12.5 Å². The van der Waals surface area contributed by atoms with E-state index in [9.17, 15) is 4.79 Å². The summed E-state index contributed by atoms with van der Waals surface area (Å²) in [7, 11) is 1.39. The second kappa shape index (κ2) is 4.61. The Labute approximate surface area is 110 Å². The Bertz CT molecular complexity index is 726. The highest BCUT2D eigenvalue weighted by Gasteiger charge is 2.07. The van der Waals surface area contributed by atoms with Crippen molar-refractivity contribution in [3.05, 3.63) is 60.3 Å². The van der Waals surface area contributed by atoms with Crippen molar-refractivity contribution in [1.29, 1.82) is 0 Å². The van der Waals surface area contributed by atoms with Crippen molar-refractivity contribution in [3.8, 4) is 11.1 Å². The molecule has 0 fully saturated rings. The predicted octanol–water partition coefficient (Wildman–Crippen LogP) is 3.62. The van der Waals surface area contributed by atoms with Crippen LogP contribution in [0.15, 0.2) is 54.7 Å². The third kappa shape index (κ3) is 1.99. The van der Waals surface area contributed by atoms with Gasteiger partial charge in [-0.25, -0.2) is 4.79 Å². The molecule has 3 rings (SSSR count). The first-order valence-corrected chi connectivity index (χ1v) is 6.04. The van der Waals surface area contributed by atoms with Crippen LogP contribution in [-0.2, 0) is 4.74 Å². The number of carbonyl (C=O) groups is 1. The zero-order valence-electron chi connectivity index (χ0n) is 10.5. The van der Waals surface area contributed by atoms with Crippen molar-refractivity contribution in [2.24, 2.45) is 0 Å². The Kier molecular flexibility index (Phi) is 2.80. The van der Waals surface area contributed by atoms with Crippen molar-refractivity contribution in [2.75, 3.05) is 7.11 Å². The van der Waals surface area contributed by atoms with Gasteiger partial charge in [0, 0.05) is 17.1 Å². The molecule has 94 valence electrons. The van der Waals surface area contributed by atoms with Crippen molar-refractivity contribution < 1.29 is 9.53 Å². The summed E-state index contributed by atoms with van der Waals surface area (Å²) in [6.07, 6.45) is 1.93. The van der Waals surface area contributed by atoms with Crippen LogP contribution < -0.4 is 0 Å². The van der Waals surface area contributed by atoms with E-state index in [1.54, 1.807) is 12.1 Å². The van der Waals surface area contributed by atoms with E-state index in [1.807, 2.05) is 30.5 Å². The number of H-pyrrole nitrogens is 1. The van der Waals surface area contributed by atoms with Crippen molar-refractivity contribution in [1.82, 2.24) is 4.98 Å². The third-order valence-electron chi connectivity index (χ3n) is 3.21. The number of aromatic amines is 1. The zero-order valence-corrected chi connectivity index (χ0v) is 10.5. The maximum absolute atomic E-state index is 11.4. The zero-order chi connectivity index (χ0) is 13.2. The normalized spacial score (nSPS) is 10.6. The van der Waals surface area contributed by atoms with Gasteiger partial charge in [0.1, 0.15) is 0 Å². The molecule has 0 saturated heterocycles. The molecule has 0 unspecified atom stereocenters. The number of carbonyl (C=O) groups excluding carboxylic acids is 1.